The molecular formula is C27H26BrClF3N3O3. The number of carbonyl (C=O) groups excluding carboxylic acids is 2. The Kier molecular flexibility index (Phi) is 9.15. The highest BCUT2D eigenvalue weighted by Crippen LogP contribution is 2.32. The van der Waals surface area contributed by atoms with Crippen LogP contribution in [0, 0.1) is 18.6 Å². The third kappa shape index (κ3) is 6.77. The van der Waals surface area contributed by atoms with E-state index in [9.17, 15) is 22.8 Å². The number of ether oxygens (including phenoxy) is 1. The molecule has 1 fully saturated rings. The maximum atomic E-state index is 14.1. The van der Waals surface area contributed by atoms with Crippen molar-refractivity contribution < 1.29 is 27.5 Å². The Morgan fingerprint density at radius 1 is 1.26 bits per heavy atom. The van der Waals surface area contributed by atoms with Gasteiger partial charge in [0.2, 0.25) is 0 Å². The van der Waals surface area contributed by atoms with Crippen molar-refractivity contribution in [2.24, 2.45) is 0 Å². The number of anilines is 1. The number of carbonyl (C=O) groups is 2. The van der Waals surface area contributed by atoms with E-state index < -0.39 is 34.9 Å². The van der Waals surface area contributed by atoms with Gasteiger partial charge in [-0.1, -0.05) is 15.9 Å². The van der Waals surface area contributed by atoms with Crippen LogP contribution in [0.4, 0.5) is 19.0 Å². The molecule has 0 aliphatic carbocycles. The molecule has 2 heterocycles. The van der Waals surface area contributed by atoms with Crippen LogP contribution < -0.4 is 15.0 Å². The molecule has 1 aliphatic heterocycles. The molecule has 1 aromatic heterocycles. The zero-order valence-electron chi connectivity index (χ0n) is 20.6. The Labute approximate surface area is 231 Å². The van der Waals surface area contributed by atoms with Gasteiger partial charge < -0.3 is 15.0 Å². The molecule has 2 atom stereocenters. The fourth-order valence-corrected chi connectivity index (χ4v) is 4.98. The van der Waals surface area contributed by atoms with Crippen LogP contribution in [0.2, 0.25) is 0 Å². The zero-order valence-corrected chi connectivity index (χ0v) is 22.9. The number of benzene rings is 2. The van der Waals surface area contributed by atoms with Gasteiger partial charge in [0.15, 0.2) is 11.6 Å². The van der Waals surface area contributed by atoms with Crippen molar-refractivity contribution in [3.8, 4) is 5.75 Å². The van der Waals surface area contributed by atoms with E-state index in [2.05, 4.69) is 21.2 Å². The van der Waals surface area contributed by atoms with Gasteiger partial charge in [0.25, 0.3) is 5.91 Å². The van der Waals surface area contributed by atoms with E-state index in [1.807, 2.05) is 17.0 Å². The summed E-state index contributed by atoms with van der Waals surface area (Å²) in [5.74, 6) is -2.66. The smallest absolute Gasteiger partial charge is 0.311 e. The number of piperidine rings is 1. The van der Waals surface area contributed by atoms with Crippen LogP contribution in [0.5, 0.6) is 5.75 Å². The molecule has 1 saturated heterocycles. The summed E-state index contributed by atoms with van der Waals surface area (Å²) in [6, 6.07) is 8.01. The highest BCUT2D eigenvalue weighted by Gasteiger charge is 2.26. The quantitative estimate of drug-likeness (QED) is 0.185. The minimum atomic E-state index is -0.955. The maximum Gasteiger partial charge on any atom is 0.311 e. The first-order chi connectivity index (χ1) is 18.1. The average Bonchev–Trinajstić information content (AvgIpc) is 2.88. The Morgan fingerprint density at radius 2 is 2.05 bits per heavy atom. The molecule has 0 spiro atoms. The number of pyridine rings is 1. The van der Waals surface area contributed by atoms with Crippen molar-refractivity contribution in [2.75, 3.05) is 24.5 Å². The van der Waals surface area contributed by atoms with E-state index in [1.54, 1.807) is 13.0 Å². The summed E-state index contributed by atoms with van der Waals surface area (Å²) in [6.07, 6.45) is 0.225. The largest absolute Gasteiger partial charge is 0.423 e. The van der Waals surface area contributed by atoms with Gasteiger partial charge in [-0.25, -0.2) is 18.2 Å². The molecule has 0 radical (unpaired) electrons. The maximum absolute atomic E-state index is 14.1. The van der Waals surface area contributed by atoms with Crippen LogP contribution in [0.1, 0.15) is 41.6 Å². The minimum Gasteiger partial charge on any atom is -0.423 e. The Morgan fingerprint density at radius 3 is 2.82 bits per heavy atom. The van der Waals surface area contributed by atoms with E-state index in [0.29, 0.717) is 47.2 Å². The average molecular weight is 613 g/mol. The fraction of sp³-hybridized carbons (Fsp3) is 0.370. The van der Waals surface area contributed by atoms with Crippen molar-refractivity contribution >= 4 is 56.1 Å². The normalized spacial score (nSPS) is 16.4. The number of nitrogens with one attached hydrogen (secondary N) is 1. The van der Waals surface area contributed by atoms with Crippen LogP contribution in [-0.2, 0) is 4.79 Å². The minimum absolute atomic E-state index is 0.0465. The summed E-state index contributed by atoms with van der Waals surface area (Å²) in [6.45, 7) is 2.71. The molecule has 6 nitrogen and oxygen atoms in total. The van der Waals surface area contributed by atoms with Crippen molar-refractivity contribution in [3.05, 3.63) is 63.6 Å². The summed E-state index contributed by atoms with van der Waals surface area (Å²) < 4.78 is 46.8. The van der Waals surface area contributed by atoms with Crippen molar-refractivity contribution in [2.45, 2.75) is 44.2 Å². The zero-order chi connectivity index (χ0) is 27.4. The second kappa shape index (κ2) is 12.3. The van der Waals surface area contributed by atoms with Crippen LogP contribution in [0.15, 0.2) is 40.9 Å². The van der Waals surface area contributed by atoms with Gasteiger partial charge in [0, 0.05) is 41.0 Å². The molecular weight excluding hydrogens is 587 g/mol. The van der Waals surface area contributed by atoms with Gasteiger partial charge in [-0.3, -0.25) is 9.59 Å². The predicted octanol–water partition coefficient (Wildman–Crippen LogP) is 6.25. The third-order valence-corrected chi connectivity index (χ3v) is 7.18. The van der Waals surface area contributed by atoms with Crippen LogP contribution in [0.3, 0.4) is 0 Å². The van der Waals surface area contributed by atoms with Crippen molar-refractivity contribution in [1.82, 2.24) is 10.3 Å². The Hall–Kier alpha value is -2.85. The summed E-state index contributed by atoms with van der Waals surface area (Å²) in [5.41, 5.74) is 1.65. The molecule has 2 aromatic carbocycles. The van der Waals surface area contributed by atoms with E-state index in [0.717, 1.165) is 22.7 Å². The monoisotopic (exact) mass is 611 g/mol. The second-order valence-corrected chi connectivity index (χ2v) is 10.7. The Bertz CT molecular complexity index is 1360. The number of fused-ring (bicyclic) bond motifs is 1. The number of alkyl halides is 2. The lowest BCUT2D eigenvalue weighted by Crippen LogP contribution is -2.38. The first-order valence-corrected chi connectivity index (χ1v) is 13.4. The molecule has 2 unspecified atom stereocenters. The van der Waals surface area contributed by atoms with Crippen molar-refractivity contribution in [3.63, 3.8) is 0 Å². The summed E-state index contributed by atoms with van der Waals surface area (Å²) in [5, 5.41) is 2.82. The molecule has 0 bridgehead atoms. The molecule has 3 aromatic rings. The number of halogens is 5. The van der Waals surface area contributed by atoms with Gasteiger partial charge >= 0.3 is 5.97 Å². The predicted molar refractivity (Wildman–Crippen MR) is 144 cm³/mol. The highest BCUT2D eigenvalue weighted by atomic mass is 79.9. The fourth-order valence-electron chi connectivity index (χ4n) is 4.43. The molecule has 202 valence electrons. The van der Waals surface area contributed by atoms with Crippen LogP contribution in [0.25, 0.3) is 10.9 Å². The molecule has 1 aliphatic rings. The molecule has 1 N–H and O–H groups in total. The molecule has 4 rings (SSSR count). The third-order valence-electron chi connectivity index (χ3n) is 6.32. The second-order valence-electron chi connectivity index (χ2n) is 9.18. The number of nitrogens with zero attached hydrogens (tertiary/aromatic N) is 2. The SMILES string of the molecule is Cc1c(N2CCCC(F)C2)nc2ccc(Br)cc2c1C(=O)NCC(Cl)CCC(=O)Oc1cc(F)ccc1F. The molecule has 1 amide bonds. The van der Waals surface area contributed by atoms with E-state index >= 15 is 0 Å². The first-order valence-electron chi connectivity index (χ1n) is 12.2. The molecule has 0 saturated carbocycles. The lowest BCUT2D eigenvalue weighted by molar-refractivity contribution is -0.134. The lowest BCUT2D eigenvalue weighted by Gasteiger charge is -2.32. The van der Waals surface area contributed by atoms with Crippen LogP contribution >= 0.6 is 27.5 Å². The molecule has 11 heteroatoms. The van der Waals surface area contributed by atoms with E-state index in [1.165, 1.54) is 0 Å². The lowest BCUT2D eigenvalue weighted by atomic mass is 10.0. The van der Waals surface area contributed by atoms with Gasteiger partial charge in [0.05, 0.1) is 23.0 Å². The Balaban J connectivity index is 1.44. The van der Waals surface area contributed by atoms with E-state index in [4.69, 9.17) is 21.3 Å². The standard InChI is InChI=1S/C27H26BrClF3N3O3/c1-15-25(20-11-16(28)4-8-22(20)34-26(15)35-10-2-3-19(31)14-35)27(37)33-13-17(29)5-9-24(36)38-23-12-18(30)6-7-21(23)32/h4,6-8,11-12,17,19H,2-3,5,9-10,13-14H2,1H3,(H,33,37). The number of esters is 1. The highest BCUT2D eigenvalue weighted by molar-refractivity contribution is 9.10. The number of amides is 1. The van der Waals surface area contributed by atoms with Crippen LogP contribution in [-0.4, -0.2) is 48.0 Å². The van der Waals surface area contributed by atoms with Gasteiger partial charge in [-0.05, 0) is 56.5 Å². The van der Waals surface area contributed by atoms with Gasteiger partial charge in [-0.2, -0.15) is 0 Å². The van der Waals surface area contributed by atoms with Crippen molar-refractivity contribution in [1.29, 1.82) is 0 Å². The summed E-state index contributed by atoms with van der Waals surface area (Å²) >= 11 is 9.78. The van der Waals surface area contributed by atoms with E-state index in [-0.39, 0.29) is 31.8 Å². The van der Waals surface area contributed by atoms with Gasteiger partial charge in [-0.15, -0.1) is 11.6 Å². The first kappa shape index (κ1) is 28.2. The number of rotatable bonds is 8. The number of hydrogen-bond donors (Lipinski definition) is 1. The topological polar surface area (TPSA) is 71.5 Å². The number of hydrogen-bond acceptors (Lipinski definition) is 5. The number of aromatic nitrogens is 1. The summed E-state index contributed by atoms with van der Waals surface area (Å²) in [7, 11) is 0. The van der Waals surface area contributed by atoms with Gasteiger partial charge in [0.1, 0.15) is 17.8 Å². The molecule has 38 heavy (non-hydrogen) atoms. The summed E-state index contributed by atoms with van der Waals surface area (Å²) in [4.78, 5) is 32.1.